The number of ketones is 1. The number of hydrogen-bond donors (Lipinski definition) is 1. The third-order valence-electron chi connectivity index (χ3n) is 6.18. The van der Waals surface area contributed by atoms with Crippen LogP contribution in [0.15, 0.2) is 71.9 Å². The fourth-order valence-corrected chi connectivity index (χ4v) is 4.52. The number of methoxy groups -OCH3 is 3. The number of amides is 1. The van der Waals surface area contributed by atoms with Gasteiger partial charge in [-0.15, -0.1) is 0 Å². The minimum atomic E-state index is -1.67. The number of carbonyl (C=O) groups excluding carboxylic acids is 2. The minimum Gasteiger partial charge on any atom is -0.497 e. The number of ether oxygens (including phenoxy) is 3. The molecule has 2 aliphatic heterocycles. The predicted octanol–water partition coefficient (Wildman–Crippen LogP) is 3.79. The van der Waals surface area contributed by atoms with Crippen molar-refractivity contribution in [1.82, 2.24) is 0 Å². The van der Waals surface area contributed by atoms with Gasteiger partial charge in [0, 0.05) is 22.4 Å². The van der Waals surface area contributed by atoms with E-state index in [1.165, 1.54) is 14.2 Å². The van der Waals surface area contributed by atoms with E-state index < -0.39 is 17.4 Å². The second-order valence-corrected chi connectivity index (χ2v) is 7.90. The maximum absolute atomic E-state index is 14.1. The summed E-state index contributed by atoms with van der Waals surface area (Å²) in [6, 6.07) is 19.1. The summed E-state index contributed by atoms with van der Waals surface area (Å²) in [5, 5.41) is 7.16. The summed E-state index contributed by atoms with van der Waals surface area (Å²) in [5.74, 6) is -0.363. The maximum atomic E-state index is 14.1. The summed E-state index contributed by atoms with van der Waals surface area (Å²) in [7, 11) is 4.59. The maximum Gasteiger partial charge on any atom is 0.277 e. The number of rotatable bonds is 6. The van der Waals surface area contributed by atoms with Gasteiger partial charge in [-0.2, -0.15) is 0 Å². The van der Waals surface area contributed by atoms with Crippen LogP contribution in [0.2, 0.25) is 0 Å². The number of Topliss-reactive ketones (excluding diaryl/α,β-unsaturated/α-hetero) is 1. The smallest absolute Gasteiger partial charge is 0.277 e. The molecule has 0 saturated heterocycles. The average molecular weight is 458 g/mol. The number of nitrogens with zero attached hydrogens (tertiary/aromatic N) is 1. The van der Waals surface area contributed by atoms with E-state index in [2.05, 4.69) is 10.5 Å². The Morgan fingerprint density at radius 2 is 1.71 bits per heavy atom. The molecule has 0 saturated carbocycles. The van der Waals surface area contributed by atoms with E-state index in [1.807, 2.05) is 0 Å². The minimum absolute atomic E-state index is 0.274. The van der Waals surface area contributed by atoms with E-state index in [9.17, 15) is 9.59 Å². The Morgan fingerprint density at radius 1 is 0.941 bits per heavy atom. The topological polar surface area (TPSA) is 95.5 Å². The molecular formula is C26H22N2O6. The van der Waals surface area contributed by atoms with E-state index in [-0.39, 0.29) is 11.5 Å². The Balaban J connectivity index is 1.72. The fraction of sp³-hybridized carbons (Fsp3) is 0.192. The quantitative estimate of drug-likeness (QED) is 0.565. The molecule has 0 unspecified atom stereocenters. The SMILES string of the molecule is COc1cccc(C(=O)[C@H]2C(c3cc(OC)ccc3OC)=NO[C@]23C(=O)Nc2ccccc23)c1. The van der Waals surface area contributed by atoms with E-state index in [0.717, 1.165) is 0 Å². The first-order valence-corrected chi connectivity index (χ1v) is 10.6. The molecule has 1 N–H and O–H groups in total. The third-order valence-corrected chi connectivity index (χ3v) is 6.18. The van der Waals surface area contributed by atoms with Crippen molar-refractivity contribution in [2.45, 2.75) is 5.60 Å². The molecule has 1 spiro atoms. The monoisotopic (exact) mass is 458 g/mol. The summed E-state index contributed by atoms with van der Waals surface area (Å²) in [6.45, 7) is 0. The zero-order chi connectivity index (χ0) is 23.9. The second-order valence-electron chi connectivity index (χ2n) is 7.90. The van der Waals surface area contributed by atoms with Crippen LogP contribution in [0, 0.1) is 5.92 Å². The predicted molar refractivity (Wildman–Crippen MR) is 125 cm³/mol. The zero-order valence-electron chi connectivity index (χ0n) is 18.8. The summed E-state index contributed by atoms with van der Waals surface area (Å²) in [5.41, 5.74) is 0.584. The van der Waals surface area contributed by atoms with Gasteiger partial charge >= 0.3 is 0 Å². The summed E-state index contributed by atoms with van der Waals surface area (Å²) >= 11 is 0. The van der Waals surface area contributed by atoms with Crippen LogP contribution in [-0.4, -0.2) is 38.7 Å². The standard InChI is InChI=1S/C26H22N2O6/c1-31-16-8-6-7-15(13-16)24(29)22-23(18-14-17(32-2)11-12-21(18)33-3)28-34-26(22)19-9-4-5-10-20(19)27-25(26)30/h4-14,22H,1-3H3,(H,27,30)/t22-,26+/m1/s1. The van der Waals surface area contributed by atoms with Crippen molar-refractivity contribution in [3.8, 4) is 17.2 Å². The molecule has 1 amide bonds. The number of hydrogen-bond acceptors (Lipinski definition) is 7. The molecule has 3 aromatic carbocycles. The Labute approximate surface area is 196 Å². The van der Waals surface area contributed by atoms with E-state index in [0.29, 0.717) is 39.6 Å². The highest BCUT2D eigenvalue weighted by molar-refractivity contribution is 6.25. The van der Waals surface area contributed by atoms with E-state index in [4.69, 9.17) is 19.0 Å². The highest BCUT2D eigenvalue weighted by Gasteiger charge is 2.63. The van der Waals surface area contributed by atoms with Crippen molar-refractivity contribution in [2.75, 3.05) is 26.6 Å². The lowest BCUT2D eigenvalue weighted by Gasteiger charge is -2.27. The molecule has 8 heteroatoms. The van der Waals surface area contributed by atoms with Gasteiger partial charge < -0.3 is 24.4 Å². The van der Waals surface area contributed by atoms with Gasteiger partial charge in [-0.05, 0) is 36.4 Å². The molecule has 2 atom stereocenters. The van der Waals surface area contributed by atoms with Gasteiger partial charge in [0.05, 0.1) is 21.3 Å². The van der Waals surface area contributed by atoms with Crippen molar-refractivity contribution in [3.63, 3.8) is 0 Å². The van der Waals surface area contributed by atoms with E-state index in [1.54, 1.807) is 73.8 Å². The van der Waals surface area contributed by atoms with Crippen molar-refractivity contribution < 1.29 is 28.6 Å². The van der Waals surface area contributed by atoms with Crippen LogP contribution in [0.4, 0.5) is 5.69 Å². The Hall–Kier alpha value is -4.33. The lowest BCUT2D eigenvalue weighted by molar-refractivity contribution is -0.140. The summed E-state index contributed by atoms with van der Waals surface area (Å²) in [6.07, 6.45) is 0. The molecule has 2 heterocycles. The molecule has 172 valence electrons. The fourth-order valence-electron chi connectivity index (χ4n) is 4.52. The van der Waals surface area contributed by atoms with Gasteiger partial charge in [-0.25, -0.2) is 0 Å². The Bertz CT molecular complexity index is 1330. The van der Waals surface area contributed by atoms with Gasteiger partial charge in [-0.1, -0.05) is 35.5 Å². The number of para-hydroxylation sites is 1. The van der Waals surface area contributed by atoms with Gasteiger partial charge in [0.2, 0.25) is 0 Å². The molecule has 0 aromatic heterocycles. The van der Waals surface area contributed by atoms with Gasteiger partial charge in [0.15, 0.2) is 5.78 Å². The zero-order valence-corrected chi connectivity index (χ0v) is 18.8. The van der Waals surface area contributed by atoms with Gasteiger partial charge in [0.25, 0.3) is 11.5 Å². The van der Waals surface area contributed by atoms with Gasteiger partial charge in [-0.3, -0.25) is 9.59 Å². The van der Waals surface area contributed by atoms with Crippen LogP contribution in [0.25, 0.3) is 0 Å². The highest BCUT2D eigenvalue weighted by atomic mass is 16.7. The summed E-state index contributed by atoms with van der Waals surface area (Å²) in [4.78, 5) is 33.5. The van der Waals surface area contributed by atoms with E-state index >= 15 is 0 Å². The largest absolute Gasteiger partial charge is 0.497 e. The van der Waals surface area contributed by atoms with Crippen LogP contribution >= 0.6 is 0 Å². The molecular weight excluding hydrogens is 436 g/mol. The molecule has 34 heavy (non-hydrogen) atoms. The lowest BCUT2D eigenvalue weighted by atomic mass is 9.74. The first kappa shape index (κ1) is 21.5. The first-order chi connectivity index (χ1) is 16.5. The summed E-state index contributed by atoms with van der Waals surface area (Å²) < 4.78 is 16.2. The molecule has 0 fully saturated rings. The van der Waals surface area contributed by atoms with Crippen LogP contribution in [-0.2, 0) is 15.2 Å². The number of nitrogens with one attached hydrogen (secondary N) is 1. The normalized spacial score (nSPS) is 20.3. The van der Waals surface area contributed by atoms with Crippen LogP contribution in [0.1, 0.15) is 21.5 Å². The van der Waals surface area contributed by atoms with Crippen LogP contribution in [0.5, 0.6) is 17.2 Å². The average Bonchev–Trinajstić information content (AvgIpc) is 3.42. The molecule has 0 radical (unpaired) electrons. The molecule has 2 aliphatic rings. The van der Waals surface area contributed by atoms with Crippen LogP contribution in [0.3, 0.4) is 0 Å². The molecule has 8 nitrogen and oxygen atoms in total. The Morgan fingerprint density at radius 3 is 2.47 bits per heavy atom. The van der Waals surface area contributed by atoms with Crippen molar-refractivity contribution >= 4 is 23.1 Å². The molecule has 0 aliphatic carbocycles. The molecule has 0 bridgehead atoms. The lowest BCUT2D eigenvalue weighted by Crippen LogP contribution is -2.46. The molecule has 3 aromatic rings. The van der Waals surface area contributed by atoms with Crippen LogP contribution < -0.4 is 19.5 Å². The first-order valence-electron chi connectivity index (χ1n) is 10.6. The Kier molecular flexibility index (Phi) is 5.20. The van der Waals surface area contributed by atoms with Gasteiger partial charge in [0.1, 0.15) is 28.9 Å². The van der Waals surface area contributed by atoms with Crippen molar-refractivity contribution in [1.29, 1.82) is 0 Å². The number of benzene rings is 3. The number of anilines is 1. The number of oxime groups is 1. The number of fused-ring (bicyclic) bond motifs is 2. The highest BCUT2D eigenvalue weighted by Crippen LogP contribution is 2.50. The van der Waals surface area contributed by atoms with Crippen molar-refractivity contribution in [2.24, 2.45) is 11.1 Å². The number of carbonyl (C=O) groups is 2. The van der Waals surface area contributed by atoms with Crippen molar-refractivity contribution in [3.05, 3.63) is 83.4 Å². The third kappa shape index (κ3) is 3.10. The second kappa shape index (κ2) is 8.22. The molecule has 5 rings (SSSR count).